The van der Waals surface area contributed by atoms with Gasteiger partial charge in [0, 0.05) is 0 Å². The second kappa shape index (κ2) is 4.04. The van der Waals surface area contributed by atoms with Gasteiger partial charge in [0.15, 0.2) is 0 Å². The molecule has 1 radical (unpaired) electrons. The zero-order valence-electron chi connectivity index (χ0n) is 6.61. The molecule has 0 aliphatic rings. The largest absolute Gasteiger partial charge is 0.385 e. The van der Waals surface area contributed by atoms with E-state index >= 15 is 0 Å². The Morgan fingerprint density at radius 2 is 2.00 bits per heavy atom. The third-order valence-corrected chi connectivity index (χ3v) is 2.59. The van der Waals surface area contributed by atoms with Crippen LogP contribution >= 0.6 is 0 Å². The molecule has 1 unspecified atom stereocenters. The van der Waals surface area contributed by atoms with Crippen LogP contribution in [0.4, 0.5) is 0 Å². The average Bonchev–Trinajstić information content (AvgIpc) is 1.85. The van der Waals surface area contributed by atoms with Crippen molar-refractivity contribution in [1.29, 1.82) is 0 Å². The molecule has 0 aromatic heterocycles. The molecule has 11 heavy (non-hydrogen) atoms. The molecule has 67 valence electrons. The molecule has 0 aliphatic carbocycles. The molecule has 2 N–H and O–H groups in total. The van der Waals surface area contributed by atoms with E-state index in [9.17, 15) is 8.42 Å². The van der Waals surface area contributed by atoms with E-state index in [0.29, 0.717) is 12.8 Å². The van der Waals surface area contributed by atoms with Crippen molar-refractivity contribution in [2.75, 3.05) is 0 Å². The van der Waals surface area contributed by atoms with E-state index < -0.39 is 15.4 Å². The Morgan fingerprint density at radius 1 is 1.55 bits per heavy atom. The molecular formula is C6H13O4S. The number of hydrogen-bond acceptors (Lipinski definition) is 3. The first-order valence-corrected chi connectivity index (χ1v) is 4.91. The summed E-state index contributed by atoms with van der Waals surface area (Å²) in [5.41, 5.74) is 0. The van der Waals surface area contributed by atoms with Crippen LogP contribution in [0.3, 0.4) is 0 Å². The van der Waals surface area contributed by atoms with Crippen LogP contribution in [0.1, 0.15) is 26.7 Å². The summed E-state index contributed by atoms with van der Waals surface area (Å²) in [5, 5.41) is 7.87. The van der Waals surface area contributed by atoms with E-state index in [2.05, 4.69) is 0 Å². The van der Waals surface area contributed by atoms with Crippen molar-refractivity contribution < 1.29 is 18.1 Å². The third kappa shape index (κ3) is 3.69. The van der Waals surface area contributed by atoms with Crippen LogP contribution in [0.2, 0.25) is 0 Å². The molecule has 0 rings (SSSR count). The van der Waals surface area contributed by atoms with Crippen LogP contribution in [0, 0.1) is 6.10 Å². The molecule has 1 atom stereocenters. The lowest BCUT2D eigenvalue weighted by Gasteiger charge is -2.13. The quantitative estimate of drug-likeness (QED) is 0.634. The molecule has 0 amide bonds. The van der Waals surface area contributed by atoms with Gasteiger partial charge in [0.1, 0.15) is 11.4 Å². The molecule has 0 aliphatic heterocycles. The fourth-order valence-corrected chi connectivity index (χ4v) is 1.09. The van der Waals surface area contributed by atoms with Crippen LogP contribution in [0.25, 0.3) is 0 Å². The van der Waals surface area contributed by atoms with E-state index in [4.69, 9.17) is 9.66 Å². The van der Waals surface area contributed by atoms with Crippen molar-refractivity contribution in [3.8, 4) is 0 Å². The lowest BCUT2D eigenvalue weighted by atomic mass is 10.2. The molecule has 0 aromatic carbocycles. The Balaban J connectivity index is 4.14. The molecule has 0 heterocycles. The van der Waals surface area contributed by atoms with Crippen molar-refractivity contribution >= 4 is 10.1 Å². The van der Waals surface area contributed by atoms with Gasteiger partial charge in [0.05, 0.1) is 0 Å². The van der Waals surface area contributed by atoms with Crippen LogP contribution in [0.15, 0.2) is 0 Å². The van der Waals surface area contributed by atoms with E-state index in [0.717, 1.165) is 0 Å². The Kier molecular flexibility index (Phi) is 3.99. The van der Waals surface area contributed by atoms with E-state index in [-0.39, 0.29) is 6.10 Å². The van der Waals surface area contributed by atoms with Crippen LogP contribution in [0.5, 0.6) is 0 Å². The van der Waals surface area contributed by atoms with Gasteiger partial charge in [-0.25, -0.2) is 0 Å². The number of aliphatic hydroxyl groups excluding tert-OH is 1. The summed E-state index contributed by atoms with van der Waals surface area (Å²) >= 11 is 0. The van der Waals surface area contributed by atoms with E-state index in [1.165, 1.54) is 6.92 Å². The van der Waals surface area contributed by atoms with Gasteiger partial charge in [-0.3, -0.25) is 4.55 Å². The molecule has 0 saturated heterocycles. The minimum Gasteiger partial charge on any atom is -0.385 e. The molecule has 4 nitrogen and oxygen atoms in total. The van der Waals surface area contributed by atoms with Gasteiger partial charge in [-0.1, -0.05) is 13.3 Å². The first-order chi connectivity index (χ1) is 4.89. The maximum absolute atomic E-state index is 10.4. The molecule has 0 saturated carbocycles. The SMILES string of the molecule is CCC[C](O)C(C)S(=O)(=O)O. The van der Waals surface area contributed by atoms with Gasteiger partial charge in [0.25, 0.3) is 10.1 Å². The number of aliphatic hydroxyl groups is 1. The topological polar surface area (TPSA) is 74.6 Å². The second-order valence-corrected chi connectivity index (χ2v) is 4.14. The van der Waals surface area contributed by atoms with Gasteiger partial charge in [-0.15, -0.1) is 0 Å². The van der Waals surface area contributed by atoms with E-state index in [1.54, 1.807) is 0 Å². The fraction of sp³-hybridized carbons (Fsp3) is 0.833. The highest BCUT2D eigenvalue weighted by atomic mass is 32.2. The maximum Gasteiger partial charge on any atom is 0.270 e. The predicted molar refractivity (Wildman–Crippen MR) is 41.1 cm³/mol. The Hall–Kier alpha value is -0.130. The lowest BCUT2D eigenvalue weighted by molar-refractivity contribution is 0.268. The van der Waals surface area contributed by atoms with Crippen molar-refractivity contribution in [2.24, 2.45) is 0 Å². The van der Waals surface area contributed by atoms with Crippen LogP contribution in [-0.4, -0.2) is 23.3 Å². The molecule has 0 aromatic rings. The van der Waals surface area contributed by atoms with Crippen molar-refractivity contribution in [3.05, 3.63) is 6.10 Å². The zero-order chi connectivity index (χ0) is 9.07. The summed E-state index contributed by atoms with van der Waals surface area (Å²) in [5.74, 6) is 0. The van der Waals surface area contributed by atoms with Gasteiger partial charge < -0.3 is 5.11 Å². The Bertz CT molecular complexity index is 197. The summed E-state index contributed by atoms with van der Waals surface area (Å²) in [4.78, 5) is 0. The highest BCUT2D eigenvalue weighted by Gasteiger charge is 2.25. The normalized spacial score (nSPS) is 15.4. The smallest absolute Gasteiger partial charge is 0.270 e. The van der Waals surface area contributed by atoms with Crippen LogP contribution in [-0.2, 0) is 10.1 Å². The number of rotatable bonds is 4. The Labute approximate surface area is 67.0 Å². The average molecular weight is 181 g/mol. The van der Waals surface area contributed by atoms with E-state index in [1.807, 2.05) is 6.92 Å². The lowest BCUT2D eigenvalue weighted by Crippen LogP contribution is -2.24. The number of hydrogen-bond donors (Lipinski definition) is 2. The van der Waals surface area contributed by atoms with Gasteiger partial charge in [-0.2, -0.15) is 8.42 Å². The molecule has 0 fully saturated rings. The molecule has 5 heteroatoms. The summed E-state index contributed by atoms with van der Waals surface area (Å²) in [6.07, 6.45) is 0.780. The molecular weight excluding hydrogens is 168 g/mol. The second-order valence-electron chi connectivity index (χ2n) is 2.40. The third-order valence-electron chi connectivity index (χ3n) is 1.42. The highest BCUT2D eigenvalue weighted by Crippen LogP contribution is 2.15. The Morgan fingerprint density at radius 3 is 2.27 bits per heavy atom. The van der Waals surface area contributed by atoms with Crippen LogP contribution < -0.4 is 0 Å². The van der Waals surface area contributed by atoms with Crippen molar-refractivity contribution in [3.63, 3.8) is 0 Å². The highest BCUT2D eigenvalue weighted by molar-refractivity contribution is 7.86. The minimum absolute atomic E-state index is 0.185. The zero-order valence-corrected chi connectivity index (χ0v) is 7.43. The summed E-state index contributed by atoms with van der Waals surface area (Å²) in [7, 11) is -4.11. The summed E-state index contributed by atoms with van der Waals surface area (Å²) < 4.78 is 29.3. The van der Waals surface area contributed by atoms with Gasteiger partial charge >= 0.3 is 0 Å². The van der Waals surface area contributed by atoms with Crippen molar-refractivity contribution in [2.45, 2.75) is 31.9 Å². The monoisotopic (exact) mass is 181 g/mol. The molecule has 0 spiro atoms. The maximum atomic E-state index is 10.4. The standard InChI is InChI=1S/C6H13O4S/c1-3-4-6(7)5(2)11(8,9)10/h5,7H,3-4H2,1-2H3,(H,8,9,10). The molecule has 0 bridgehead atoms. The predicted octanol–water partition coefficient (Wildman–Crippen LogP) is 0.967. The van der Waals surface area contributed by atoms with Gasteiger partial charge in [-0.05, 0) is 13.3 Å². The summed E-state index contributed by atoms with van der Waals surface area (Å²) in [6.45, 7) is 3.06. The first-order valence-electron chi connectivity index (χ1n) is 3.40. The first kappa shape index (κ1) is 10.9. The summed E-state index contributed by atoms with van der Waals surface area (Å²) in [6, 6.07) is 0. The minimum atomic E-state index is -4.11. The fourth-order valence-electron chi connectivity index (χ4n) is 0.631. The van der Waals surface area contributed by atoms with Crippen molar-refractivity contribution in [1.82, 2.24) is 0 Å². The van der Waals surface area contributed by atoms with Gasteiger partial charge in [0.2, 0.25) is 0 Å².